The molecule has 0 aromatic rings. The number of carbonyl (C=O) groups excluding carboxylic acids is 1. The number of amides is 1. The van der Waals surface area contributed by atoms with E-state index in [2.05, 4.69) is 23.6 Å². The summed E-state index contributed by atoms with van der Waals surface area (Å²) in [7, 11) is 0. The molecule has 0 aromatic carbocycles. The van der Waals surface area contributed by atoms with Gasteiger partial charge in [0.25, 0.3) is 0 Å². The van der Waals surface area contributed by atoms with Crippen LogP contribution >= 0.6 is 0 Å². The summed E-state index contributed by atoms with van der Waals surface area (Å²) < 4.78 is 0. The van der Waals surface area contributed by atoms with E-state index >= 15 is 0 Å². The van der Waals surface area contributed by atoms with Crippen molar-refractivity contribution in [3.8, 4) is 0 Å². The summed E-state index contributed by atoms with van der Waals surface area (Å²) >= 11 is 0. The molecule has 0 saturated carbocycles. The molecule has 19 heavy (non-hydrogen) atoms. The Morgan fingerprint density at radius 3 is 2.42 bits per heavy atom. The van der Waals surface area contributed by atoms with Crippen LogP contribution in [0.3, 0.4) is 0 Å². The fourth-order valence-corrected chi connectivity index (χ4v) is 3.70. The van der Waals surface area contributed by atoms with Crippen LogP contribution in [0.4, 0.5) is 0 Å². The highest BCUT2D eigenvalue weighted by Gasteiger charge is 2.31. The van der Waals surface area contributed by atoms with Crippen molar-refractivity contribution in [2.75, 3.05) is 19.6 Å². The van der Waals surface area contributed by atoms with Crippen molar-refractivity contribution in [1.82, 2.24) is 9.80 Å². The predicted octanol–water partition coefficient (Wildman–Crippen LogP) is 1.59. The standard InChI is InChI=1S/C15H29N3O/c1-12-6-5-7-13(2)18(12)15(19)11-17-9-4-3-8-14(17)10-16/h12-14H,3-11,16H2,1-2H3. The quantitative estimate of drug-likeness (QED) is 0.845. The SMILES string of the molecule is CC1CCCC(C)N1C(=O)CN1CCCCC1CN. The van der Waals surface area contributed by atoms with Crippen molar-refractivity contribution in [2.45, 2.75) is 70.5 Å². The highest BCUT2D eigenvalue weighted by atomic mass is 16.2. The molecule has 2 N–H and O–H groups in total. The lowest BCUT2D eigenvalue weighted by Crippen LogP contribution is -2.54. The third-order valence-electron chi connectivity index (χ3n) is 4.84. The minimum atomic E-state index is 0.306. The number of nitrogens with two attached hydrogens (primary N) is 1. The molecule has 0 aromatic heterocycles. The first-order valence-corrected chi connectivity index (χ1v) is 7.88. The maximum Gasteiger partial charge on any atom is 0.237 e. The topological polar surface area (TPSA) is 49.6 Å². The largest absolute Gasteiger partial charge is 0.336 e. The molecule has 3 atom stereocenters. The van der Waals surface area contributed by atoms with Gasteiger partial charge in [-0.05, 0) is 52.5 Å². The second-order valence-electron chi connectivity index (χ2n) is 6.29. The van der Waals surface area contributed by atoms with Crippen LogP contribution in [0.15, 0.2) is 0 Å². The molecule has 2 heterocycles. The Morgan fingerprint density at radius 2 is 1.79 bits per heavy atom. The third-order valence-corrected chi connectivity index (χ3v) is 4.84. The van der Waals surface area contributed by atoms with E-state index in [0.29, 0.717) is 37.1 Å². The Balaban J connectivity index is 1.95. The van der Waals surface area contributed by atoms with E-state index in [1.54, 1.807) is 0 Å². The highest BCUT2D eigenvalue weighted by Crippen LogP contribution is 2.23. The highest BCUT2D eigenvalue weighted by molar-refractivity contribution is 5.79. The Labute approximate surface area is 117 Å². The molecule has 0 bridgehead atoms. The van der Waals surface area contributed by atoms with Gasteiger partial charge in [0, 0.05) is 24.7 Å². The first kappa shape index (κ1) is 14.8. The van der Waals surface area contributed by atoms with Crippen molar-refractivity contribution in [3.05, 3.63) is 0 Å². The van der Waals surface area contributed by atoms with E-state index in [4.69, 9.17) is 5.73 Å². The predicted molar refractivity (Wildman–Crippen MR) is 77.9 cm³/mol. The number of rotatable bonds is 3. The van der Waals surface area contributed by atoms with Crippen molar-refractivity contribution in [3.63, 3.8) is 0 Å². The molecule has 0 aliphatic carbocycles. The fourth-order valence-electron chi connectivity index (χ4n) is 3.70. The molecule has 4 nitrogen and oxygen atoms in total. The zero-order valence-electron chi connectivity index (χ0n) is 12.5. The average Bonchev–Trinajstić information content (AvgIpc) is 2.39. The second kappa shape index (κ2) is 6.71. The Morgan fingerprint density at radius 1 is 1.11 bits per heavy atom. The van der Waals surface area contributed by atoms with Crippen molar-refractivity contribution in [1.29, 1.82) is 0 Å². The van der Waals surface area contributed by atoms with E-state index in [1.807, 2.05) is 0 Å². The first-order valence-electron chi connectivity index (χ1n) is 7.88. The van der Waals surface area contributed by atoms with E-state index in [0.717, 1.165) is 25.8 Å². The van der Waals surface area contributed by atoms with Crippen LogP contribution < -0.4 is 5.73 Å². The van der Waals surface area contributed by atoms with Crippen molar-refractivity contribution in [2.24, 2.45) is 5.73 Å². The first-order chi connectivity index (χ1) is 9.13. The van der Waals surface area contributed by atoms with Crippen molar-refractivity contribution >= 4 is 5.91 Å². The minimum absolute atomic E-state index is 0.306. The molecule has 2 saturated heterocycles. The van der Waals surface area contributed by atoms with Crippen LogP contribution in [0.25, 0.3) is 0 Å². The van der Waals surface area contributed by atoms with Crippen LogP contribution in [0.2, 0.25) is 0 Å². The summed E-state index contributed by atoms with van der Waals surface area (Å²) in [5, 5.41) is 0. The fraction of sp³-hybridized carbons (Fsp3) is 0.933. The van der Waals surface area contributed by atoms with Gasteiger partial charge in [-0.15, -0.1) is 0 Å². The van der Waals surface area contributed by atoms with Gasteiger partial charge in [0.2, 0.25) is 5.91 Å². The van der Waals surface area contributed by atoms with Gasteiger partial charge in [0.15, 0.2) is 0 Å². The molecule has 0 radical (unpaired) electrons. The summed E-state index contributed by atoms with van der Waals surface area (Å²) in [4.78, 5) is 17.0. The minimum Gasteiger partial charge on any atom is -0.336 e. The number of likely N-dealkylation sites (tertiary alicyclic amines) is 2. The van der Waals surface area contributed by atoms with Crippen LogP contribution in [0, 0.1) is 0 Å². The molecule has 2 aliphatic heterocycles. The molecule has 2 rings (SSSR count). The molecular formula is C15H29N3O. The van der Waals surface area contributed by atoms with Gasteiger partial charge in [-0.25, -0.2) is 0 Å². The van der Waals surface area contributed by atoms with Gasteiger partial charge in [0.1, 0.15) is 0 Å². The second-order valence-corrected chi connectivity index (χ2v) is 6.29. The molecule has 2 aliphatic rings. The van der Waals surface area contributed by atoms with E-state index in [1.165, 1.54) is 19.3 Å². The summed E-state index contributed by atoms with van der Waals surface area (Å²) in [5.41, 5.74) is 5.84. The molecule has 4 heteroatoms. The normalized spacial score (nSPS) is 33.4. The van der Waals surface area contributed by atoms with Gasteiger partial charge in [-0.1, -0.05) is 6.42 Å². The van der Waals surface area contributed by atoms with E-state index < -0.39 is 0 Å². The van der Waals surface area contributed by atoms with Crippen LogP contribution in [-0.4, -0.2) is 53.5 Å². The zero-order chi connectivity index (χ0) is 13.8. The monoisotopic (exact) mass is 267 g/mol. The van der Waals surface area contributed by atoms with Crippen LogP contribution in [-0.2, 0) is 4.79 Å². The number of hydrogen-bond acceptors (Lipinski definition) is 3. The maximum atomic E-state index is 12.6. The van der Waals surface area contributed by atoms with Gasteiger partial charge in [0.05, 0.1) is 6.54 Å². The van der Waals surface area contributed by atoms with Crippen LogP contribution in [0.1, 0.15) is 52.4 Å². The molecule has 2 fully saturated rings. The number of carbonyl (C=O) groups is 1. The molecular weight excluding hydrogens is 238 g/mol. The Kier molecular flexibility index (Phi) is 5.22. The molecule has 1 amide bonds. The molecule has 0 spiro atoms. The number of nitrogens with zero attached hydrogens (tertiary/aromatic N) is 2. The van der Waals surface area contributed by atoms with Crippen LogP contribution in [0.5, 0.6) is 0 Å². The average molecular weight is 267 g/mol. The summed E-state index contributed by atoms with van der Waals surface area (Å²) in [6, 6.07) is 1.21. The third kappa shape index (κ3) is 3.48. The van der Waals surface area contributed by atoms with E-state index in [9.17, 15) is 4.79 Å². The summed E-state index contributed by atoms with van der Waals surface area (Å²) in [6.45, 7) is 6.65. The van der Waals surface area contributed by atoms with Gasteiger partial charge in [-0.3, -0.25) is 9.69 Å². The lowest BCUT2D eigenvalue weighted by atomic mass is 9.97. The lowest BCUT2D eigenvalue weighted by Gasteiger charge is -2.42. The Bertz CT molecular complexity index is 298. The summed E-state index contributed by atoms with van der Waals surface area (Å²) in [5.74, 6) is 0.306. The molecule has 3 unspecified atom stereocenters. The van der Waals surface area contributed by atoms with Gasteiger partial charge in [-0.2, -0.15) is 0 Å². The Hall–Kier alpha value is -0.610. The van der Waals surface area contributed by atoms with Crippen molar-refractivity contribution < 1.29 is 4.79 Å². The maximum absolute atomic E-state index is 12.6. The van der Waals surface area contributed by atoms with E-state index in [-0.39, 0.29) is 0 Å². The van der Waals surface area contributed by atoms with Gasteiger partial charge >= 0.3 is 0 Å². The smallest absolute Gasteiger partial charge is 0.237 e. The number of hydrogen-bond donors (Lipinski definition) is 1. The zero-order valence-corrected chi connectivity index (χ0v) is 12.5. The lowest BCUT2D eigenvalue weighted by molar-refractivity contribution is -0.139. The van der Waals surface area contributed by atoms with Gasteiger partial charge < -0.3 is 10.6 Å². The number of piperidine rings is 2. The molecule has 110 valence electrons. The summed E-state index contributed by atoms with van der Waals surface area (Å²) in [6.07, 6.45) is 7.15.